The molecule has 0 spiro atoms. The zero-order valence-corrected chi connectivity index (χ0v) is 15.3. The normalized spacial score (nSPS) is 11.5. The van der Waals surface area contributed by atoms with Gasteiger partial charge in [-0.05, 0) is 46.9 Å². The molecule has 3 heteroatoms. The molecule has 0 aliphatic heterocycles. The van der Waals surface area contributed by atoms with Gasteiger partial charge in [-0.25, -0.2) is 0 Å². The molecule has 1 nitrogen and oxygen atoms in total. The molecule has 0 amide bonds. The fourth-order valence-corrected chi connectivity index (χ4v) is 2.96. The van der Waals surface area contributed by atoms with Crippen LogP contribution in [0.4, 0.5) is 0 Å². The van der Waals surface area contributed by atoms with Gasteiger partial charge < -0.3 is 4.74 Å². The van der Waals surface area contributed by atoms with Crippen molar-refractivity contribution in [2.45, 2.75) is 26.2 Å². The number of benzene rings is 2. The Balaban J connectivity index is 2.63. The van der Waals surface area contributed by atoms with Crippen LogP contribution in [0.2, 0.25) is 0 Å². The van der Waals surface area contributed by atoms with Crippen LogP contribution in [-0.4, -0.2) is 7.11 Å². The van der Waals surface area contributed by atoms with Crippen molar-refractivity contribution in [3.05, 3.63) is 50.9 Å². The van der Waals surface area contributed by atoms with Crippen molar-refractivity contribution in [3.63, 3.8) is 0 Å². The number of hydrogen-bond acceptors (Lipinski definition) is 1. The van der Waals surface area contributed by atoms with Crippen molar-refractivity contribution in [1.82, 2.24) is 0 Å². The lowest BCUT2D eigenvalue weighted by atomic mass is 9.85. The minimum Gasteiger partial charge on any atom is -0.497 e. The second-order valence-electron chi connectivity index (χ2n) is 5.79. The first kappa shape index (κ1) is 15.6. The van der Waals surface area contributed by atoms with Gasteiger partial charge in [-0.2, -0.15) is 0 Å². The molecule has 2 rings (SSSR count). The van der Waals surface area contributed by atoms with Gasteiger partial charge in [0.05, 0.1) is 7.11 Å². The Kier molecular flexibility index (Phi) is 4.60. The van der Waals surface area contributed by atoms with Crippen molar-refractivity contribution >= 4 is 31.9 Å². The summed E-state index contributed by atoms with van der Waals surface area (Å²) in [5.74, 6) is 0.858. The van der Waals surface area contributed by atoms with Crippen LogP contribution in [0.25, 0.3) is 11.1 Å². The maximum Gasteiger partial charge on any atom is 0.119 e. The van der Waals surface area contributed by atoms with Gasteiger partial charge in [-0.3, -0.25) is 0 Å². The van der Waals surface area contributed by atoms with Crippen LogP contribution in [0.5, 0.6) is 5.75 Å². The van der Waals surface area contributed by atoms with E-state index in [1.54, 1.807) is 7.11 Å². The van der Waals surface area contributed by atoms with Crippen LogP contribution >= 0.6 is 31.9 Å². The van der Waals surface area contributed by atoms with Crippen LogP contribution in [0.15, 0.2) is 45.3 Å². The summed E-state index contributed by atoms with van der Waals surface area (Å²) in [7, 11) is 1.69. The van der Waals surface area contributed by atoms with E-state index in [9.17, 15) is 0 Å². The SMILES string of the molecule is COc1ccc(Br)c(-c2cc(C(C)(C)C)ccc2Br)c1. The predicted molar refractivity (Wildman–Crippen MR) is 92.5 cm³/mol. The average Bonchev–Trinajstić information content (AvgIpc) is 2.39. The van der Waals surface area contributed by atoms with Gasteiger partial charge in [0.1, 0.15) is 5.75 Å². The number of rotatable bonds is 2. The van der Waals surface area contributed by atoms with E-state index in [1.807, 2.05) is 12.1 Å². The van der Waals surface area contributed by atoms with Crippen molar-refractivity contribution in [2.24, 2.45) is 0 Å². The Morgan fingerprint density at radius 1 is 0.850 bits per heavy atom. The number of ether oxygens (including phenoxy) is 1. The van der Waals surface area contributed by atoms with Crippen molar-refractivity contribution in [2.75, 3.05) is 7.11 Å². The van der Waals surface area contributed by atoms with Gasteiger partial charge in [0.2, 0.25) is 0 Å². The molecule has 2 aromatic rings. The molecule has 0 saturated heterocycles. The molecule has 0 fully saturated rings. The zero-order valence-electron chi connectivity index (χ0n) is 12.1. The van der Waals surface area contributed by atoms with Gasteiger partial charge in [0.25, 0.3) is 0 Å². The molecule has 0 aliphatic carbocycles. The molecular weight excluding hydrogens is 380 g/mol. The first-order valence-corrected chi connectivity index (χ1v) is 8.05. The summed E-state index contributed by atoms with van der Waals surface area (Å²) in [5, 5.41) is 0. The molecular formula is C17H18Br2O. The Morgan fingerprint density at radius 3 is 1.95 bits per heavy atom. The third kappa shape index (κ3) is 3.26. The Hall–Kier alpha value is -0.800. The van der Waals surface area contributed by atoms with Gasteiger partial charge >= 0.3 is 0 Å². The fraction of sp³-hybridized carbons (Fsp3) is 0.294. The highest BCUT2D eigenvalue weighted by Crippen LogP contribution is 2.38. The summed E-state index contributed by atoms with van der Waals surface area (Å²) in [6, 6.07) is 12.5. The molecule has 0 aliphatic rings. The van der Waals surface area contributed by atoms with E-state index >= 15 is 0 Å². The quantitative estimate of drug-likeness (QED) is 0.587. The highest BCUT2D eigenvalue weighted by Gasteiger charge is 2.17. The topological polar surface area (TPSA) is 9.23 Å². The van der Waals surface area contributed by atoms with Crippen LogP contribution in [0.3, 0.4) is 0 Å². The number of hydrogen-bond donors (Lipinski definition) is 0. The summed E-state index contributed by atoms with van der Waals surface area (Å²) in [6.45, 7) is 6.67. The summed E-state index contributed by atoms with van der Waals surface area (Å²) in [5.41, 5.74) is 3.73. The molecule has 0 bridgehead atoms. The summed E-state index contributed by atoms with van der Waals surface area (Å²) >= 11 is 7.28. The van der Waals surface area contributed by atoms with E-state index in [0.29, 0.717) is 0 Å². The van der Waals surface area contributed by atoms with Crippen LogP contribution in [0, 0.1) is 0 Å². The second-order valence-corrected chi connectivity index (χ2v) is 7.50. The second kappa shape index (κ2) is 5.90. The van der Waals surface area contributed by atoms with Gasteiger partial charge in [-0.15, -0.1) is 0 Å². The average molecular weight is 398 g/mol. The summed E-state index contributed by atoms with van der Waals surface area (Å²) < 4.78 is 7.48. The minimum absolute atomic E-state index is 0.126. The van der Waals surface area contributed by atoms with E-state index in [0.717, 1.165) is 20.3 Å². The maximum atomic E-state index is 5.33. The van der Waals surface area contributed by atoms with E-state index in [2.05, 4.69) is 76.9 Å². The third-order valence-electron chi connectivity index (χ3n) is 3.30. The van der Waals surface area contributed by atoms with E-state index in [-0.39, 0.29) is 5.41 Å². The van der Waals surface area contributed by atoms with Gasteiger partial charge in [0, 0.05) is 14.5 Å². The van der Waals surface area contributed by atoms with Crippen LogP contribution < -0.4 is 4.74 Å². The zero-order chi connectivity index (χ0) is 14.9. The Labute approximate surface area is 137 Å². The Morgan fingerprint density at radius 2 is 1.40 bits per heavy atom. The number of methoxy groups -OCH3 is 1. The monoisotopic (exact) mass is 396 g/mol. The standard InChI is InChI=1S/C17H18Br2O/c1-17(2,3)11-5-7-15(18)13(9-11)14-10-12(20-4)6-8-16(14)19/h5-10H,1-4H3. The van der Waals surface area contributed by atoms with Crippen LogP contribution in [0.1, 0.15) is 26.3 Å². The molecule has 106 valence electrons. The number of halogens is 2. The first-order chi connectivity index (χ1) is 9.32. The summed E-state index contributed by atoms with van der Waals surface area (Å²) in [4.78, 5) is 0. The lowest BCUT2D eigenvalue weighted by Crippen LogP contribution is -2.10. The van der Waals surface area contributed by atoms with Gasteiger partial charge in [0.15, 0.2) is 0 Å². The molecule has 0 radical (unpaired) electrons. The molecule has 0 heterocycles. The molecule has 0 unspecified atom stereocenters. The highest BCUT2D eigenvalue weighted by atomic mass is 79.9. The molecule has 0 atom stereocenters. The van der Waals surface area contributed by atoms with E-state index < -0.39 is 0 Å². The van der Waals surface area contributed by atoms with Crippen molar-refractivity contribution in [3.8, 4) is 16.9 Å². The lowest BCUT2D eigenvalue weighted by Gasteiger charge is -2.21. The van der Waals surface area contributed by atoms with Crippen LogP contribution in [-0.2, 0) is 5.41 Å². The van der Waals surface area contributed by atoms with Crippen molar-refractivity contribution in [1.29, 1.82) is 0 Å². The molecule has 20 heavy (non-hydrogen) atoms. The van der Waals surface area contributed by atoms with E-state index in [4.69, 9.17) is 4.74 Å². The van der Waals surface area contributed by atoms with Gasteiger partial charge in [-0.1, -0.05) is 58.7 Å². The molecule has 2 aromatic carbocycles. The minimum atomic E-state index is 0.126. The first-order valence-electron chi connectivity index (χ1n) is 6.47. The highest BCUT2D eigenvalue weighted by molar-refractivity contribution is 9.11. The molecule has 0 aromatic heterocycles. The Bertz CT molecular complexity index is 627. The molecule has 0 N–H and O–H groups in total. The molecule has 0 saturated carbocycles. The smallest absolute Gasteiger partial charge is 0.119 e. The van der Waals surface area contributed by atoms with Crippen molar-refractivity contribution < 1.29 is 4.74 Å². The summed E-state index contributed by atoms with van der Waals surface area (Å²) in [6.07, 6.45) is 0. The fourth-order valence-electron chi connectivity index (χ4n) is 2.04. The largest absolute Gasteiger partial charge is 0.497 e. The third-order valence-corrected chi connectivity index (χ3v) is 4.68. The lowest BCUT2D eigenvalue weighted by molar-refractivity contribution is 0.415. The maximum absolute atomic E-state index is 5.33. The predicted octanol–water partition coefficient (Wildman–Crippen LogP) is 6.18. The van der Waals surface area contributed by atoms with E-state index in [1.165, 1.54) is 11.1 Å².